The van der Waals surface area contributed by atoms with E-state index in [1.165, 1.54) is 18.2 Å². The molecule has 3 heterocycles. The molecule has 2 aromatic heterocycles. The Bertz CT molecular complexity index is 1580. The van der Waals surface area contributed by atoms with Crippen LogP contribution in [0.1, 0.15) is 30.0 Å². The third kappa shape index (κ3) is 3.71. The van der Waals surface area contributed by atoms with Gasteiger partial charge >= 0.3 is 6.18 Å². The highest BCUT2D eigenvalue weighted by Crippen LogP contribution is 2.46. The van der Waals surface area contributed by atoms with E-state index in [0.29, 0.717) is 42.9 Å². The monoisotopic (exact) mass is 495 g/mol. The number of aromatic amines is 1. The Balaban J connectivity index is 1.74. The number of benzene rings is 3. The summed E-state index contributed by atoms with van der Waals surface area (Å²) in [7, 11) is 0. The van der Waals surface area contributed by atoms with Gasteiger partial charge in [0.25, 0.3) is 0 Å². The Morgan fingerprint density at radius 2 is 1.75 bits per heavy atom. The van der Waals surface area contributed by atoms with Gasteiger partial charge in [0.05, 0.1) is 22.8 Å². The van der Waals surface area contributed by atoms with Gasteiger partial charge in [0, 0.05) is 46.8 Å². The van der Waals surface area contributed by atoms with Crippen LogP contribution in [0.25, 0.3) is 38.6 Å². The van der Waals surface area contributed by atoms with Crippen LogP contribution in [0.4, 0.5) is 17.6 Å². The first-order chi connectivity index (χ1) is 17.3. The Hall–Kier alpha value is -3.85. The lowest BCUT2D eigenvalue weighted by Gasteiger charge is -2.26. The summed E-state index contributed by atoms with van der Waals surface area (Å²) >= 11 is 0. The molecule has 1 fully saturated rings. The number of hydrogen-bond acceptors (Lipinski definition) is 3. The van der Waals surface area contributed by atoms with Crippen LogP contribution in [0, 0.1) is 5.82 Å². The normalized spacial score (nSPS) is 15.2. The molecule has 0 aliphatic carbocycles. The van der Waals surface area contributed by atoms with E-state index in [0.717, 1.165) is 39.6 Å². The Labute approximate surface area is 202 Å². The number of halogens is 4. The minimum Gasteiger partial charge on any atom is -0.507 e. The van der Waals surface area contributed by atoms with E-state index in [2.05, 4.69) is 10.2 Å². The summed E-state index contributed by atoms with van der Waals surface area (Å²) in [4.78, 5) is 0. The van der Waals surface area contributed by atoms with Crippen molar-refractivity contribution in [2.45, 2.75) is 24.9 Å². The summed E-state index contributed by atoms with van der Waals surface area (Å²) in [5.41, 5.74) is 2.94. The maximum atomic E-state index is 13.8. The second kappa shape index (κ2) is 8.37. The predicted octanol–water partition coefficient (Wildman–Crippen LogP) is 6.93. The van der Waals surface area contributed by atoms with Crippen LogP contribution >= 0.6 is 0 Å². The van der Waals surface area contributed by atoms with Crippen LogP contribution in [0.15, 0.2) is 60.8 Å². The van der Waals surface area contributed by atoms with Gasteiger partial charge < -0.3 is 14.4 Å². The van der Waals surface area contributed by atoms with Crippen LogP contribution in [0.2, 0.25) is 0 Å². The quantitative estimate of drug-likeness (QED) is 0.267. The smallest absolute Gasteiger partial charge is 0.419 e. The van der Waals surface area contributed by atoms with Crippen LogP contribution < -0.4 is 0 Å². The summed E-state index contributed by atoms with van der Waals surface area (Å²) < 4.78 is 62.7. The second-order valence-electron chi connectivity index (χ2n) is 9.02. The van der Waals surface area contributed by atoms with Gasteiger partial charge in [-0.1, -0.05) is 6.07 Å². The molecule has 6 rings (SSSR count). The van der Waals surface area contributed by atoms with Crippen molar-refractivity contribution in [1.29, 1.82) is 0 Å². The zero-order valence-corrected chi connectivity index (χ0v) is 18.9. The first-order valence-electron chi connectivity index (χ1n) is 11.6. The van der Waals surface area contributed by atoms with E-state index in [9.17, 15) is 22.7 Å². The van der Waals surface area contributed by atoms with E-state index in [1.54, 1.807) is 18.3 Å². The third-order valence-electron chi connectivity index (χ3n) is 6.85. The molecule has 0 spiro atoms. The lowest BCUT2D eigenvalue weighted by Crippen LogP contribution is -2.17. The van der Waals surface area contributed by atoms with Crippen molar-refractivity contribution in [3.63, 3.8) is 0 Å². The fourth-order valence-electron chi connectivity index (χ4n) is 5.19. The van der Waals surface area contributed by atoms with Crippen LogP contribution in [-0.4, -0.2) is 33.1 Å². The summed E-state index contributed by atoms with van der Waals surface area (Å²) in [5.74, 6) is -1.21. The van der Waals surface area contributed by atoms with Crippen molar-refractivity contribution in [2.75, 3.05) is 13.2 Å². The highest BCUT2D eigenvalue weighted by Gasteiger charge is 2.35. The van der Waals surface area contributed by atoms with Gasteiger partial charge in [-0.15, -0.1) is 0 Å². The summed E-state index contributed by atoms with van der Waals surface area (Å²) in [6, 6.07) is 13.5. The first-order valence-corrected chi connectivity index (χ1v) is 11.6. The van der Waals surface area contributed by atoms with E-state index in [-0.39, 0.29) is 11.7 Å². The number of aromatic nitrogens is 3. The third-order valence-corrected chi connectivity index (χ3v) is 6.85. The molecular weight excluding hydrogens is 474 g/mol. The number of phenolic OH excluding ortho intramolecular Hbond substituents is 1. The Morgan fingerprint density at radius 1 is 1.00 bits per heavy atom. The molecule has 2 N–H and O–H groups in total. The van der Waals surface area contributed by atoms with Gasteiger partial charge in [-0.3, -0.25) is 5.10 Å². The second-order valence-corrected chi connectivity index (χ2v) is 9.02. The standard InChI is InChI=1S/C27H21F4N3O2/c28-18-2-4-19(5-3-18)34-23-12-17-14-32-33-22(17)13-20(23)25(26(34)15-7-9-36-10-8-15)16-1-6-24(35)21(11-16)27(29,30)31/h1-6,11-15,35H,7-10H2,(H,32,33). The molecule has 1 saturated heterocycles. The molecule has 9 heteroatoms. The average Bonchev–Trinajstić information content (AvgIpc) is 3.45. The molecule has 0 radical (unpaired) electrons. The number of aromatic hydroxyl groups is 1. The van der Waals surface area contributed by atoms with Crippen LogP contribution in [0.3, 0.4) is 0 Å². The predicted molar refractivity (Wildman–Crippen MR) is 128 cm³/mol. The van der Waals surface area contributed by atoms with Crippen molar-refractivity contribution >= 4 is 21.8 Å². The van der Waals surface area contributed by atoms with Crippen molar-refractivity contribution in [3.8, 4) is 22.6 Å². The lowest BCUT2D eigenvalue weighted by molar-refractivity contribution is -0.138. The maximum absolute atomic E-state index is 13.8. The molecule has 0 atom stereocenters. The minimum atomic E-state index is -4.72. The van der Waals surface area contributed by atoms with E-state index in [4.69, 9.17) is 4.74 Å². The zero-order chi connectivity index (χ0) is 25.0. The first kappa shape index (κ1) is 22.6. The number of ether oxygens (including phenoxy) is 1. The van der Waals surface area contributed by atoms with Gasteiger partial charge in [-0.05, 0) is 66.9 Å². The van der Waals surface area contributed by atoms with Crippen molar-refractivity contribution in [1.82, 2.24) is 14.8 Å². The number of nitrogens with zero attached hydrogens (tertiary/aromatic N) is 2. The number of nitrogens with one attached hydrogen (secondary N) is 1. The number of rotatable bonds is 3. The number of phenols is 1. The topological polar surface area (TPSA) is 63.1 Å². The number of alkyl halides is 3. The molecule has 184 valence electrons. The molecule has 0 bridgehead atoms. The number of H-pyrrole nitrogens is 1. The van der Waals surface area contributed by atoms with E-state index >= 15 is 0 Å². The summed E-state index contributed by atoms with van der Waals surface area (Å²) in [5, 5.41) is 18.6. The van der Waals surface area contributed by atoms with Crippen molar-refractivity contribution in [3.05, 3.63) is 77.9 Å². The molecule has 0 amide bonds. The molecule has 36 heavy (non-hydrogen) atoms. The van der Waals surface area contributed by atoms with Gasteiger partial charge in [0.2, 0.25) is 0 Å². The molecule has 3 aromatic carbocycles. The largest absolute Gasteiger partial charge is 0.507 e. The fourth-order valence-corrected chi connectivity index (χ4v) is 5.19. The van der Waals surface area contributed by atoms with E-state index in [1.807, 2.05) is 16.7 Å². The Kier molecular flexibility index (Phi) is 5.26. The van der Waals surface area contributed by atoms with Gasteiger partial charge in [0.1, 0.15) is 11.6 Å². The van der Waals surface area contributed by atoms with Gasteiger partial charge in [-0.25, -0.2) is 4.39 Å². The van der Waals surface area contributed by atoms with E-state index < -0.39 is 17.5 Å². The summed E-state index contributed by atoms with van der Waals surface area (Å²) in [6.45, 7) is 1.06. The molecule has 5 aromatic rings. The SMILES string of the molecule is Oc1ccc(-c2c(C3CCOCC3)n(-c3ccc(F)cc3)c3cc4cn[nH]c4cc23)cc1C(F)(F)F. The molecule has 1 aliphatic rings. The minimum absolute atomic E-state index is 0.00851. The van der Waals surface area contributed by atoms with Crippen molar-refractivity contribution < 1.29 is 27.4 Å². The van der Waals surface area contributed by atoms with Gasteiger partial charge in [0.15, 0.2) is 0 Å². The number of fused-ring (bicyclic) bond motifs is 2. The molecule has 0 saturated carbocycles. The molecular formula is C27H21F4N3O2. The fraction of sp³-hybridized carbons (Fsp3) is 0.222. The zero-order valence-electron chi connectivity index (χ0n) is 18.9. The lowest BCUT2D eigenvalue weighted by atomic mass is 9.89. The average molecular weight is 495 g/mol. The molecule has 0 unspecified atom stereocenters. The molecule has 1 aliphatic heterocycles. The number of hydrogen-bond donors (Lipinski definition) is 2. The van der Waals surface area contributed by atoms with Crippen molar-refractivity contribution in [2.24, 2.45) is 0 Å². The van der Waals surface area contributed by atoms with Crippen LogP contribution in [0.5, 0.6) is 5.75 Å². The highest BCUT2D eigenvalue weighted by atomic mass is 19.4. The van der Waals surface area contributed by atoms with Crippen LogP contribution in [-0.2, 0) is 10.9 Å². The molecule has 5 nitrogen and oxygen atoms in total. The summed E-state index contributed by atoms with van der Waals surface area (Å²) in [6.07, 6.45) is -1.65. The maximum Gasteiger partial charge on any atom is 0.419 e. The highest BCUT2D eigenvalue weighted by molar-refractivity contribution is 6.05. The Morgan fingerprint density at radius 3 is 2.47 bits per heavy atom. The van der Waals surface area contributed by atoms with Gasteiger partial charge in [-0.2, -0.15) is 18.3 Å².